The minimum Gasteiger partial charge on any atom is -0.387 e. The normalized spacial score (nSPS) is 23.6. The number of nitro benzene ring substituents is 1. The van der Waals surface area contributed by atoms with E-state index in [0.29, 0.717) is 5.56 Å². The lowest BCUT2D eigenvalue weighted by Crippen LogP contribution is -2.60. The zero-order chi connectivity index (χ0) is 26.0. The molecular formula is C28H31NO8. The summed E-state index contributed by atoms with van der Waals surface area (Å²) in [4.78, 5) is 10.8. The lowest BCUT2D eigenvalue weighted by Gasteiger charge is -2.43. The van der Waals surface area contributed by atoms with E-state index in [1.165, 1.54) is 13.2 Å². The highest BCUT2D eigenvalue weighted by Crippen LogP contribution is 2.29. The standard InChI is InChI=1S/C28H31NO8/c1-33-28-27(36-17-21-12-6-3-7-13-21)26(35-16-20-10-4-2-5-11-20)25(30)24(37-28)19-34-18-22-14-8-9-15-23(22)29(31)32/h2-15,24-28,30H,16-19H2,1H3/t24-,25+,26+,27+,28+/m1/s1. The molecule has 9 nitrogen and oxygen atoms in total. The van der Waals surface area contributed by atoms with E-state index in [1.807, 2.05) is 60.7 Å². The number of aliphatic hydroxyl groups excluding tert-OH is 1. The van der Waals surface area contributed by atoms with E-state index in [2.05, 4.69) is 0 Å². The van der Waals surface area contributed by atoms with E-state index >= 15 is 0 Å². The van der Waals surface area contributed by atoms with Crippen LogP contribution in [0.2, 0.25) is 0 Å². The average Bonchev–Trinajstić information content (AvgIpc) is 2.93. The topological polar surface area (TPSA) is 110 Å². The summed E-state index contributed by atoms with van der Waals surface area (Å²) in [6.07, 6.45) is -4.21. The first-order valence-electron chi connectivity index (χ1n) is 12.0. The van der Waals surface area contributed by atoms with Gasteiger partial charge in [-0.15, -0.1) is 0 Å². The number of ether oxygens (including phenoxy) is 5. The summed E-state index contributed by atoms with van der Waals surface area (Å²) in [5, 5.41) is 22.5. The lowest BCUT2D eigenvalue weighted by molar-refractivity contribution is -0.386. The maximum Gasteiger partial charge on any atom is 0.274 e. The molecule has 0 aromatic heterocycles. The summed E-state index contributed by atoms with van der Waals surface area (Å²) < 4.78 is 29.7. The minimum absolute atomic E-state index is 0.00907. The van der Waals surface area contributed by atoms with Crippen LogP contribution < -0.4 is 0 Å². The monoisotopic (exact) mass is 509 g/mol. The molecule has 3 aromatic carbocycles. The van der Waals surface area contributed by atoms with Crippen molar-refractivity contribution in [1.82, 2.24) is 0 Å². The van der Waals surface area contributed by atoms with Crippen molar-refractivity contribution in [3.63, 3.8) is 0 Å². The van der Waals surface area contributed by atoms with Crippen LogP contribution in [-0.4, -0.2) is 54.5 Å². The zero-order valence-electron chi connectivity index (χ0n) is 20.6. The first-order chi connectivity index (χ1) is 18.1. The van der Waals surface area contributed by atoms with E-state index in [0.717, 1.165) is 11.1 Å². The largest absolute Gasteiger partial charge is 0.387 e. The summed E-state index contributed by atoms with van der Waals surface area (Å²) in [7, 11) is 1.50. The second kappa shape index (κ2) is 13.4. The summed E-state index contributed by atoms with van der Waals surface area (Å²) >= 11 is 0. The third-order valence-electron chi connectivity index (χ3n) is 6.15. The van der Waals surface area contributed by atoms with Crippen molar-refractivity contribution in [1.29, 1.82) is 0 Å². The van der Waals surface area contributed by atoms with Crippen LogP contribution >= 0.6 is 0 Å². The van der Waals surface area contributed by atoms with Gasteiger partial charge in [0.25, 0.3) is 5.69 Å². The molecular weight excluding hydrogens is 478 g/mol. The number of rotatable bonds is 12. The van der Waals surface area contributed by atoms with Crippen LogP contribution in [0.1, 0.15) is 16.7 Å². The lowest BCUT2D eigenvalue weighted by atomic mass is 9.98. The predicted octanol–water partition coefficient (Wildman–Crippen LogP) is 4.01. The van der Waals surface area contributed by atoms with Gasteiger partial charge in [-0.05, 0) is 17.2 Å². The molecule has 3 aromatic rings. The summed E-state index contributed by atoms with van der Waals surface area (Å²) in [6, 6.07) is 25.7. The SMILES string of the molecule is CO[C@H]1O[C@H](COCc2ccccc2[N+](=O)[O-])[C@H](O)[C@H](OCc2ccccc2)[C@@H]1OCc1ccccc1. The number of para-hydroxylation sites is 1. The number of nitrogens with zero attached hydrogens (tertiary/aromatic N) is 1. The second-order valence-corrected chi connectivity index (χ2v) is 8.69. The Balaban J connectivity index is 1.46. The molecule has 1 saturated heterocycles. The quantitative estimate of drug-likeness (QED) is 0.288. The molecule has 0 spiro atoms. The summed E-state index contributed by atoms with van der Waals surface area (Å²) in [5.74, 6) is 0. The molecule has 0 bridgehead atoms. The molecule has 1 aliphatic rings. The van der Waals surface area contributed by atoms with Gasteiger partial charge in [0, 0.05) is 13.2 Å². The molecule has 1 heterocycles. The van der Waals surface area contributed by atoms with Crippen LogP contribution in [0.5, 0.6) is 0 Å². The first-order valence-corrected chi connectivity index (χ1v) is 12.0. The van der Waals surface area contributed by atoms with Crippen LogP contribution in [0.4, 0.5) is 5.69 Å². The van der Waals surface area contributed by atoms with Gasteiger partial charge >= 0.3 is 0 Å². The Labute approximate surface area is 215 Å². The van der Waals surface area contributed by atoms with Crippen molar-refractivity contribution >= 4 is 5.69 Å². The fourth-order valence-corrected chi connectivity index (χ4v) is 4.21. The van der Waals surface area contributed by atoms with Crippen molar-refractivity contribution in [3.8, 4) is 0 Å². The second-order valence-electron chi connectivity index (χ2n) is 8.69. The average molecular weight is 510 g/mol. The van der Waals surface area contributed by atoms with Gasteiger partial charge in [0.05, 0.1) is 36.9 Å². The van der Waals surface area contributed by atoms with Gasteiger partial charge in [0.2, 0.25) is 0 Å². The van der Waals surface area contributed by atoms with Gasteiger partial charge in [-0.1, -0.05) is 72.8 Å². The molecule has 1 fully saturated rings. The molecule has 0 aliphatic carbocycles. The minimum atomic E-state index is -1.10. The van der Waals surface area contributed by atoms with Crippen molar-refractivity contribution in [3.05, 3.63) is 112 Å². The molecule has 9 heteroatoms. The highest BCUT2D eigenvalue weighted by Gasteiger charge is 2.47. The molecule has 0 radical (unpaired) electrons. The summed E-state index contributed by atoms with van der Waals surface area (Å²) in [6.45, 7) is 0.508. The van der Waals surface area contributed by atoms with E-state index in [9.17, 15) is 15.2 Å². The van der Waals surface area contributed by atoms with Crippen LogP contribution in [0.25, 0.3) is 0 Å². The van der Waals surface area contributed by atoms with Crippen LogP contribution in [0.3, 0.4) is 0 Å². The Morgan fingerprint density at radius 3 is 2.00 bits per heavy atom. The Morgan fingerprint density at radius 2 is 1.41 bits per heavy atom. The fraction of sp³-hybridized carbons (Fsp3) is 0.357. The highest BCUT2D eigenvalue weighted by molar-refractivity contribution is 5.39. The Kier molecular flexibility index (Phi) is 9.72. The number of aliphatic hydroxyl groups is 1. The smallest absolute Gasteiger partial charge is 0.274 e. The molecule has 1 N–H and O–H groups in total. The zero-order valence-corrected chi connectivity index (χ0v) is 20.6. The first kappa shape index (κ1) is 26.9. The van der Waals surface area contributed by atoms with Crippen molar-refractivity contribution < 1.29 is 33.7 Å². The maximum atomic E-state index is 11.3. The molecule has 0 amide bonds. The third-order valence-corrected chi connectivity index (χ3v) is 6.15. The van der Waals surface area contributed by atoms with Gasteiger partial charge in [-0.3, -0.25) is 10.1 Å². The molecule has 5 atom stereocenters. The Bertz CT molecular complexity index is 1110. The Hall–Kier alpha value is -3.18. The Morgan fingerprint density at radius 1 is 0.838 bits per heavy atom. The van der Waals surface area contributed by atoms with Crippen LogP contribution in [0, 0.1) is 10.1 Å². The van der Waals surface area contributed by atoms with Crippen LogP contribution in [0.15, 0.2) is 84.9 Å². The van der Waals surface area contributed by atoms with Crippen LogP contribution in [-0.2, 0) is 43.5 Å². The van der Waals surface area contributed by atoms with Gasteiger partial charge in [-0.2, -0.15) is 0 Å². The number of methoxy groups -OCH3 is 1. The van der Waals surface area contributed by atoms with Gasteiger partial charge < -0.3 is 28.8 Å². The molecule has 4 rings (SSSR count). The predicted molar refractivity (Wildman–Crippen MR) is 134 cm³/mol. The summed E-state index contributed by atoms with van der Waals surface area (Å²) in [5.41, 5.74) is 2.31. The number of benzene rings is 3. The van der Waals surface area contributed by atoms with E-state index in [-0.39, 0.29) is 32.1 Å². The maximum absolute atomic E-state index is 11.3. The third kappa shape index (κ3) is 7.20. The molecule has 0 saturated carbocycles. The fourth-order valence-electron chi connectivity index (χ4n) is 4.21. The number of nitro groups is 1. The molecule has 196 valence electrons. The van der Waals surface area contributed by atoms with Gasteiger partial charge in [-0.25, -0.2) is 0 Å². The van der Waals surface area contributed by atoms with Gasteiger partial charge in [0.15, 0.2) is 6.29 Å². The molecule has 1 aliphatic heterocycles. The van der Waals surface area contributed by atoms with Crippen molar-refractivity contribution in [2.75, 3.05) is 13.7 Å². The highest BCUT2D eigenvalue weighted by atomic mass is 16.7. The molecule has 37 heavy (non-hydrogen) atoms. The number of hydrogen-bond acceptors (Lipinski definition) is 8. The van der Waals surface area contributed by atoms with E-state index in [1.54, 1.807) is 18.2 Å². The van der Waals surface area contributed by atoms with E-state index in [4.69, 9.17) is 23.7 Å². The van der Waals surface area contributed by atoms with E-state index < -0.39 is 35.6 Å². The van der Waals surface area contributed by atoms with Crippen molar-refractivity contribution in [2.24, 2.45) is 0 Å². The van der Waals surface area contributed by atoms with Gasteiger partial charge in [0.1, 0.15) is 24.4 Å². The number of hydrogen-bond donors (Lipinski definition) is 1. The van der Waals surface area contributed by atoms with Crippen molar-refractivity contribution in [2.45, 2.75) is 50.5 Å². The molecule has 0 unspecified atom stereocenters.